The van der Waals surface area contributed by atoms with Crippen molar-refractivity contribution in [1.29, 1.82) is 0 Å². The van der Waals surface area contributed by atoms with E-state index in [9.17, 15) is 9.59 Å². The van der Waals surface area contributed by atoms with Gasteiger partial charge in [0.25, 0.3) is 0 Å². The lowest BCUT2D eigenvalue weighted by Gasteiger charge is -2.07. The van der Waals surface area contributed by atoms with Crippen LogP contribution in [0.4, 0.5) is 5.69 Å². The number of hydrogen-bond acceptors (Lipinski definition) is 4. The molecule has 0 aromatic heterocycles. The first-order chi connectivity index (χ1) is 6.79. The van der Waals surface area contributed by atoms with Gasteiger partial charge >= 0.3 is 5.97 Å². The summed E-state index contributed by atoms with van der Waals surface area (Å²) in [5.74, 6) is -0.418. The Morgan fingerprint density at radius 3 is 2.86 bits per heavy atom. The Morgan fingerprint density at radius 2 is 2.21 bits per heavy atom. The van der Waals surface area contributed by atoms with Gasteiger partial charge in [0.2, 0.25) is 0 Å². The first-order valence-electron chi connectivity index (χ1n) is 4.14. The summed E-state index contributed by atoms with van der Waals surface area (Å²) >= 11 is 0. The molecule has 0 saturated heterocycles. The molecule has 0 aliphatic heterocycles. The van der Waals surface area contributed by atoms with Crippen molar-refractivity contribution in [3.63, 3.8) is 0 Å². The first-order valence-corrected chi connectivity index (χ1v) is 4.14. The molecule has 0 aliphatic carbocycles. The highest BCUT2D eigenvalue weighted by molar-refractivity contribution is 5.95. The third-order valence-electron chi connectivity index (χ3n) is 1.71. The van der Waals surface area contributed by atoms with Gasteiger partial charge in [0, 0.05) is 5.69 Å². The molecule has 14 heavy (non-hydrogen) atoms. The van der Waals surface area contributed by atoms with Gasteiger partial charge in [-0.25, -0.2) is 4.79 Å². The van der Waals surface area contributed by atoms with Gasteiger partial charge in [-0.1, -0.05) is 12.1 Å². The molecule has 1 aromatic rings. The molecule has 1 N–H and O–H groups in total. The Hall–Kier alpha value is -1.84. The van der Waals surface area contributed by atoms with Crippen LogP contribution in [0.3, 0.4) is 0 Å². The lowest BCUT2D eigenvalue weighted by molar-refractivity contribution is -0.106. The van der Waals surface area contributed by atoms with Gasteiger partial charge in [0.1, 0.15) is 6.29 Å². The second-order valence-corrected chi connectivity index (χ2v) is 2.58. The van der Waals surface area contributed by atoms with Crippen LogP contribution in [0, 0.1) is 0 Å². The molecule has 0 spiro atoms. The maximum absolute atomic E-state index is 11.2. The normalized spacial score (nSPS) is 9.21. The maximum Gasteiger partial charge on any atom is 0.339 e. The van der Waals surface area contributed by atoms with E-state index in [1.165, 1.54) is 7.11 Å². The van der Waals surface area contributed by atoms with E-state index in [1.54, 1.807) is 24.3 Å². The van der Waals surface area contributed by atoms with Gasteiger partial charge in [-0.3, -0.25) is 0 Å². The molecule has 1 rings (SSSR count). The van der Waals surface area contributed by atoms with Gasteiger partial charge in [-0.15, -0.1) is 0 Å². The number of ether oxygens (including phenoxy) is 1. The quantitative estimate of drug-likeness (QED) is 0.574. The summed E-state index contributed by atoms with van der Waals surface area (Å²) in [4.78, 5) is 21.4. The average Bonchev–Trinajstić information content (AvgIpc) is 2.25. The van der Waals surface area contributed by atoms with Crippen molar-refractivity contribution in [3.05, 3.63) is 29.8 Å². The molecule has 0 heterocycles. The smallest absolute Gasteiger partial charge is 0.339 e. The monoisotopic (exact) mass is 193 g/mol. The molecule has 74 valence electrons. The molecule has 4 heteroatoms. The summed E-state index contributed by atoms with van der Waals surface area (Å²) < 4.78 is 4.59. The third kappa shape index (κ3) is 2.32. The van der Waals surface area contributed by atoms with Crippen LogP contribution in [-0.4, -0.2) is 25.9 Å². The number of carbonyl (C=O) groups is 2. The molecule has 0 fully saturated rings. The summed E-state index contributed by atoms with van der Waals surface area (Å²) in [5, 5.41) is 2.81. The topological polar surface area (TPSA) is 55.4 Å². The van der Waals surface area contributed by atoms with Crippen molar-refractivity contribution in [3.8, 4) is 0 Å². The van der Waals surface area contributed by atoms with Gasteiger partial charge in [0.15, 0.2) is 0 Å². The van der Waals surface area contributed by atoms with Crippen LogP contribution in [0.2, 0.25) is 0 Å². The van der Waals surface area contributed by atoms with E-state index in [2.05, 4.69) is 10.1 Å². The molecular formula is C10H11NO3. The van der Waals surface area contributed by atoms with Crippen molar-refractivity contribution in [2.24, 2.45) is 0 Å². The molecular weight excluding hydrogens is 182 g/mol. The highest BCUT2D eigenvalue weighted by Gasteiger charge is 2.09. The van der Waals surface area contributed by atoms with E-state index in [0.29, 0.717) is 11.3 Å². The van der Waals surface area contributed by atoms with Crippen molar-refractivity contribution in [2.45, 2.75) is 0 Å². The minimum atomic E-state index is -0.418. The molecule has 1 aromatic carbocycles. The number of aldehydes is 1. The average molecular weight is 193 g/mol. The lowest BCUT2D eigenvalue weighted by Crippen LogP contribution is -2.09. The van der Waals surface area contributed by atoms with Crippen LogP contribution in [0.15, 0.2) is 24.3 Å². The SMILES string of the molecule is COC(=O)c1ccccc1NCC=O. The van der Waals surface area contributed by atoms with Gasteiger partial charge in [0.05, 0.1) is 19.2 Å². The number of methoxy groups -OCH3 is 1. The number of para-hydroxylation sites is 1. The largest absolute Gasteiger partial charge is 0.465 e. The Balaban J connectivity index is 2.90. The fourth-order valence-corrected chi connectivity index (χ4v) is 1.08. The van der Waals surface area contributed by atoms with E-state index in [4.69, 9.17) is 0 Å². The number of benzene rings is 1. The minimum absolute atomic E-state index is 0.175. The standard InChI is InChI=1S/C10H11NO3/c1-14-10(13)8-4-2-3-5-9(8)11-6-7-12/h2-5,7,11H,6H2,1H3. The summed E-state index contributed by atoms with van der Waals surface area (Å²) in [5.41, 5.74) is 1.03. The number of carbonyl (C=O) groups excluding carboxylic acids is 2. The number of anilines is 1. The predicted molar refractivity (Wildman–Crippen MR) is 52.3 cm³/mol. The van der Waals surface area contributed by atoms with Crippen molar-refractivity contribution in [2.75, 3.05) is 19.0 Å². The number of rotatable bonds is 4. The van der Waals surface area contributed by atoms with Crippen molar-refractivity contribution < 1.29 is 14.3 Å². The summed E-state index contributed by atoms with van der Waals surface area (Å²) in [6.07, 6.45) is 0.730. The fourth-order valence-electron chi connectivity index (χ4n) is 1.08. The van der Waals surface area contributed by atoms with Crippen LogP contribution in [0.25, 0.3) is 0 Å². The summed E-state index contributed by atoms with van der Waals surface area (Å²) in [7, 11) is 1.32. The van der Waals surface area contributed by atoms with Crippen LogP contribution < -0.4 is 5.32 Å². The highest BCUT2D eigenvalue weighted by atomic mass is 16.5. The van der Waals surface area contributed by atoms with E-state index in [0.717, 1.165) is 6.29 Å². The zero-order valence-corrected chi connectivity index (χ0v) is 7.82. The van der Waals surface area contributed by atoms with Gasteiger partial charge in [-0.05, 0) is 12.1 Å². The number of esters is 1. The Morgan fingerprint density at radius 1 is 1.50 bits per heavy atom. The van der Waals surface area contributed by atoms with E-state index in [-0.39, 0.29) is 6.54 Å². The first kappa shape index (κ1) is 10.2. The van der Waals surface area contributed by atoms with Gasteiger partial charge in [-0.2, -0.15) is 0 Å². The number of hydrogen-bond donors (Lipinski definition) is 1. The zero-order valence-electron chi connectivity index (χ0n) is 7.82. The Bertz CT molecular complexity index is 336. The molecule has 0 aliphatic rings. The Labute approximate surface area is 81.9 Å². The molecule has 0 radical (unpaired) electrons. The van der Waals surface area contributed by atoms with Gasteiger partial charge < -0.3 is 14.8 Å². The molecule has 4 nitrogen and oxygen atoms in total. The second-order valence-electron chi connectivity index (χ2n) is 2.58. The highest BCUT2D eigenvalue weighted by Crippen LogP contribution is 2.15. The summed E-state index contributed by atoms with van der Waals surface area (Å²) in [6.45, 7) is 0.175. The second kappa shape index (κ2) is 5.01. The van der Waals surface area contributed by atoms with Crippen molar-refractivity contribution >= 4 is 17.9 Å². The number of nitrogens with one attached hydrogen (secondary N) is 1. The van der Waals surface area contributed by atoms with Crippen LogP contribution >= 0.6 is 0 Å². The molecule has 0 amide bonds. The molecule has 0 saturated carbocycles. The maximum atomic E-state index is 11.2. The van der Waals surface area contributed by atoms with E-state index >= 15 is 0 Å². The summed E-state index contributed by atoms with van der Waals surface area (Å²) in [6, 6.07) is 6.87. The van der Waals surface area contributed by atoms with Crippen molar-refractivity contribution in [1.82, 2.24) is 0 Å². The van der Waals surface area contributed by atoms with Crippen LogP contribution in [-0.2, 0) is 9.53 Å². The third-order valence-corrected chi connectivity index (χ3v) is 1.71. The fraction of sp³-hybridized carbons (Fsp3) is 0.200. The van der Waals surface area contributed by atoms with Crippen LogP contribution in [0.5, 0.6) is 0 Å². The van der Waals surface area contributed by atoms with E-state index in [1.807, 2.05) is 0 Å². The molecule has 0 unspecified atom stereocenters. The minimum Gasteiger partial charge on any atom is -0.465 e. The lowest BCUT2D eigenvalue weighted by atomic mass is 10.2. The molecule has 0 atom stereocenters. The predicted octanol–water partition coefficient (Wildman–Crippen LogP) is 1.08. The Kier molecular flexibility index (Phi) is 3.67. The molecule has 0 bridgehead atoms. The zero-order chi connectivity index (χ0) is 10.4. The van der Waals surface area contributed by atoms with Crippen LogP contribution in [0.1, 0.15) is 10.4 Å². The van der Waals surface area contributed by atoms with E-state index < -0.39 is 5.97 Å².